The van der Waals surface area contributed by atoms with Crippen LogP contribution in [-0.2, 0) is 11.2 Å². The third-order valence-corrected chi connectivity index (χ3v) is 3.34. The number of aryl methyl sites for hydroxylation is 1. The van der Waals surface area contributed by atoms with E-state index < -0.39 is 0 Å². The number of rotatable bonds is 6. The lowest BCUT2D eigenvalue weighted by Crippen LogP contribution is -2.25. The van der Waals surface area contributed by atoms with Crippen LogP contribution >= 0.6 is 0 Å². The van der Waals surface area contributed by atoms with Crippen LogP contribution in [0.3, 0.4) is 0 Å². The lowest BCUT2D eigenvalue weighted by molar-refractivity contribution is -0.117. The first-order valence-corrected chi connectivity index (χ1v) is 6.65. The summed E-state index contributed by atoms with van der Waals surface area (Å²) >= 11 is 0. The van der Waals surface area contributed by atoms with Crippen molar-refractivity contribution >= 4 is 11.6 Å². The third kappa shape index (κ3) is 4.49. The molecular formula is C15H24N2O. The molecule has 0 radical (unpaired) electrons. The Morgan fingerprint density at radius 3 is 2.33 bits per heavy atom. The Kier molecular flexibility index (Phi) is 5.86. The first-order chi connectivity index (χ1) is 8.56. The highest BCUT2D eigenvalue weighted by atomic mass is 16.1. The van der Waals surface area contributed by atoms with E-state index in [1.54, 1.807) is 0 Å². The van der Waals surface area contributed by atoms with E-state index in [-0.39, 0.29) is 11.8 Å². The number of benzene rings is 1. The molecule has 3 heteroatoms. The van der Waals surface area contributed by atoms with Crippen molar-refractivity contribution in [3.63, 3.8) is 0 Å². The zero-order valence-electron chi connectivity index (χ0n) is 11.6. The molecule has 0 heterocycles. The van der Waals surface area contributed by atoms with Crippen LogP contribution in [0.15, 0.2) is 24.3 Å². The molecule has 0 bridgehead atoms. The largest absolute Gasteiger partial charge is 0.330 e. The van der Waals surface area contributed by atoms with Crippen LogP contribution < -0.4 is 11.1 Å². The zero-order chi connectivity index (χ0) is 13.5. The van der Waals surface area contributed by atoms with Gasteiger partial charge in [0.2, 0.25) is 5.91 Å². The molecule has 0 saturated heterocycles. The van der Waals surface area contributed by atoms with Gasteiger partial charge in [-0.25, -0.2) is 0 Å². The van der Waals surface area contributed by atoms with Crippen LogP contribution in [0.4, 0.5) is 5.69 Å². The summed E-state index contributed by atoms with van der Waals surface area (Å²) < 4.78 is 0. The van der Waals surface area contributed by atoms with Gasteiger partial charge in [0.05, 0.1) is 0 Å². The van der Waals surface area contributed by atoms with Gasteiger partial charge in [-0.05, 0) is 42.5 Å². The van der Waals surface area contributed by atoms with E-state index in [9.17, 15) is 4.79 Å². The maximum absolute atomic E-state index is 11.9. The molecule has 1 rings (SSSR count). The van der Waals surface area contributed by atoms with Gasteiger partial charge >= 0.3 is 0 Å². The molecule has 18 heavy (non-hydrogen) atoms. The maximum Gasteiger partial charge on any atom is 0.224 e. The number of hydrogen-bond acceptors (Lipinski definition) is 2. The maximum atomic E-state index is 11.9. The molecule has 3 N–H and O–H groups in total. The second kappa shape index (κ2) is 7.17. The number of hydrogen-bond donors (Lipinski definition) is 2. The molecule has 0 fully saturated rings. The highest BCUT2D eigenvalue weighted by Gasteiger charge is 2.15. The van der Waals surface area contributed by atoms with Crippen LogP contribution in [0, 0.1) is 11.8 Å². The fraction of sp³-hybridized carbons (Fsp3) is 0.533. The van der Waals surface area contributed by atoms with E-state index in [1.807, 2.05) is 24.3 Å². The second-order valence-electron chi connectivity index (χ2n) is 5.04. The highest BCUT2D eigenvalue weighted by Crippen LogP contribution is 2.16. The van der Waals surface area contributed by atoms with Gasteiger partial charge < -0.3 is 11.1 Å². The molecular weight excluding hydrogens is 224 g/mol. The van der Waals surface area contributed by atoms with E-state index in [4.69, 9.17) is 5.73 Å². The van der Waals surface area contributed by atoms with Crippen LogP contribution in [0.25, 0.3) is 0 Å². The van der Waals surface area contributed by atoms with Gasteiger partial charge in [-0.3, -0.25) is 4.79 Å². The summed E-state index contributed by atoms with van der Waals surface area (Å²) in [6, 6.07) is 7.98. The molecule has 0 aliphatic carbocycles. The quantitative estimate of drug-likeness (QED) is 0.813. The molecule has 0 saturated carbocycles. The predicted molar refractivity (Wildman–Crippen MR) is 76.4 cm³/mol. The molecule has 3 nitrogen and oxygen atoms in total. The lowest BCUT2D eigenvalue weighted by Gasteiger charge is -2.18. The average molecular weight is 248 g/mol. The number of carbonyl (C=O) groups excluding carboxylic acids is 1. The number of amides is 1. The summed E-state index contributed by atoms with van der Waals surface area (Å²) in [6.07, 6.45) is 1.50. The smallest absolute Gasteiger partial charge is 0.224 e. The Hall–Kier alpha value is -1.35. The Morgan fingerprint density at radius 2 is 1.89 bits per heavy atom. The number of nitrogens with one attached hydrogen (secondary N) is 1. The van der Waals surface area contributed by atoms with Gasteiger partial charge in [-0.1, -0.05) is 32.9 Å². The Bertz CT molecular complexity index is 371. The summed E-state index contributed by atoms with van der Waals surface area (Å²) in [5.41, 5.74) is 7.80. The second-order valence-corrected chi connectivity index (χ2v) is 5.04. The van der Waals surface area contributed by atoms with Crippen molar-refractivity contribution in [3.8, 4) is 0 Å². The predicted octanol–water partition coefficient (Wildman–Crippen LogP) is 2.81. The van der Waals surface area contributed by atoms with Crippen molar-refractivity contribution in [2.45, 2.75) is 33.6 Å². The van der Waals surface area contributed by atoms with Crippen LogP contribution in [0.5, 0.6) is 0 Å². The summed E-state index contributed by atoms with van der Waals surface area (Å²) in [5.74, 6) is 0.728. The fourth-order valence-corrected chi connectivity index (χ4v) is 1.87. The first-order valence-electron chi connectivity index (χ1n) is 6.65. The van der Waals surface area contributed by atoms with Crippen molar-refractivity contribution in [1.82, 2.24) is 0 Å². The van der Waals surface area contributed by atoms with E-state index in [1.165, 1.54) is 5.56 Å². The van der Waals surface area contributed by atoms with Crippen molar-refractivity contribution in [2.75, 3.05) is 11.9 Å². The van der Waals surface area contributed by atoms with E-state index in [0.29, 0.717) is 18.9 Å². The van der Waals surface area contributed by atoms with Gasteiger partial charge in [0.15, 0.2) is 0 Å². The lowest BCUT2D eigenvalue weighted by atomic mass is 9.92. The van der Waals surface area contributed by atoms with Crippen LogP contribution in [-0.4, -0.2) is 12.5 Å². The van der Waals surface area contributed by atoms with Gasteiger partial charge in [-0.15, -0.1) is 0 Å². The van der Waals surface area contributed by atoms with E-state index >= 15 is 0 Å². The third-order valence-electron chi connectivity index (χ3n) is 3.34. The first kappa shape index (κ1) is 14.7. The molecule has 1 atom stereocenters. The Balaban J connectivity index is 2.53. The molecule has 1 aromatic rings. The number of anilines is 1. The zero-order valence-corrected chi connectivity index (χ0v) is 11.6. The summed E-state index contributed by atoms with van der Waals surface area (Å²) in [5, 5.41) is 2.92. The summed E-state index contributed by atoms with van der Waals surface area (Å²) in [6.45, 7) is 6.86. The standard InChI is InChI=1S/C15H24N2O/c1-4-12-5-7-14(8-6-12)17-15(18)9-13(10-16)11(2)3/h5-8,11,13H,4,9-10,16H2,1-3H3,(H,17,18). The van der Waals surface area contributed by atoms with Crippen molar-refractivity contribution < 1.29 is 4.79 Å². The molecule has 0 aliphatic heterocycles. The molecule has 0 spiro atoms. The van der Waals surface area contributed by atoms with E-state index in [0.717, 1.165) is 12.1 Å². The summed E-state index contributed by atoms with van der Waals surface area (Å²) in [7, 11) is 0. The van der Waals surface area contributed by atoms with Gasteiger partial charge in [0.25, 0.3) is 0 Å². The van der Waals surface area contributed by atoms with Crippen LogP contribution in [0.2, 0.25) is 0 Å². The van der Waals surface area contributed by atoms with Gasteiger partial charge in [-0.2, -0.15) is 0 Å². The van der Waals surface area contributed by atoms with Crippen molar-refractivity contribution in [1.29, 1.82) is 0 Å². The normalized spacial score (nSPS) is 12.5. The SMILES string of the molecule is CCc1ccc(NC(=O)CC(CN)C(C)C)cc1. The molecule has 100 valence electrons. The van der Waals surface area contributed by atoms with Gasteiger partial charge in [0, 0.05) is 12.1 Å². The van der Waals surface area contributed by atoms with E-state index in [2.05, 4.69) is 26.1 Å². The van der Waals surface area contributed by atoms with Crippen LogP contribution in [0.1, 0.15) is 32.8 Å². The average Bonchev–Trinajstić information content (AvgIpc) is 2.36. The summed E-state index contributed by atoms with van der Waals surface area (Å²) in [4.78, 5) is 11.9. The molecule has 0 aliphatic rings. The minimum Gasteiger partial charge on any atom is -0.330 e. The Morgan fingerprint density at radius 1 is 1.28 bits per heavy atom. The van der Waals surface area contributed by atoms with Gasteiger partial charge in [0.1, 0.15) is 0 Å². The molecule has 1 unspecified atom stereocenters. The molecule has 1 aromatic carbocycles. The van der Waals surface area contributed by atoms with Crippen molar-refractivity contribution in [2.24, 2.45) is 17.6 Å². The minimum absolute atomic E-state index is 0.0448. The monoisotopic (exact) mass is 248 g/mol. The fourth-order valence-electron chi connectivity index (χ4n) is 1.87. The van der Waals surface area contributed by atoms with Crippen molar-refractivity contribution in [3.05, 3.63) is 29.8 Å². The number of carbonyl (C=O) groups is 1. The topological polar surface area (TPSA) is 55.1 Å². The molecule has 1 amide bonds. The number of nitrogens with two attached hydrogens (primary N) is 1. The minimum atomic E-state index is 0.0448. The highest BCUT2D eigenvalue weighted by molar-refractivity contribution is 5.90. The molecule has 0 aromatic heterocycles. The Labute approximate surface area is 110 Å².